The van der Waals surface area contributed by atoms with Gasteiger partial charge < -0.3 is 10.2 Å². The number of unbranched alkanes of at least 4 members (excludes halogenated alkanes) is 1. The van der Waals surface area contributed by atoms with Gasteiger partial charge in [0.1, 0.15) is 0 Å². The number of hydrazine groups is 2. The van der Waals surface area contributed by atoms with Gasteiger partial charge in [0, 0.05) is 23.5 Å². The van der Waals surface area contributed by atoms with E-state index in [0.29, 0.717) is 6.17 Å². The number of rotatable bonds is 7. The summed E-state index contributed by atoms with van der Waals surface area (Å²) in [5, 5.41) is 7.91. The second kappa shape index (κ2) is 8.57. The summed E-state index contributed by atoms with van der Waals surface area (Å²) >= 11 is 0. The van der Waals surface area contributed by atoms with E-state index in [2.05, 4.69) is 95.0 Å². The fourth-order valence-corrected chi connectivity index (χ4v) is 3.99. The second-order valence-electron chi connectivity index (χ2n) is 7.71. The Labute approximate surface area is 173 Å². The molecule has 2 heterocycles. The molecule has 0 fully saturated rings. The zero-order chi connectivity index (χ0) is 20.2. The summed E-state index contributed by atoms with van der Waals surface area (Å²) in [4.78, 5) is 2.50. The van der Waals surface area contributed by atoms with Crippen LogP contribution in [0.15, 0.2) is 65.0 Å². The van der Waals surface area contributed by atoms with E-state index in [9.17, 15) is 0 Å². The van der Waals surface area contributed by atoms with Crippen LogP contribution in [0.3, 0.4) is 0 Å². The summed E-state index contributed by atoms with van der Waals surface area (Å²) in [5.74, 6) is 0.794. The van der Waals surface area contributed by atoms with Crippen molar-refractivity contribution in [3.8, 4) is 11.1 Å². The van der Waals surface area contributed by atoms with E-state index in [1.54, 1.807) is 0 Å². The lowest BCUT2D eigenvalue weighted by Crippen LogP contribution is -2.36. The molecule has 0 aromatic heterocycles. The molecule has 0 saturated carbocycles. The van der Waals surface area contributed by atoms with Gasteiger partial charge in [0.05, 0.1) is 6.17 Å². The van der Waals surface area contributed by atoms with Gasteiger partial charge in [0.25, 0.3) is 0 Å². The minimum atomic E-state index is 0.404. The van der Waals surface area contributed by atoms with Crippen molar-refractivity contribution in [2.45, 2.75) is 52.7 Å². The molecule has 0 aliphatic carbocycles. The Morgan fingerprint density at radius 1 is 1.00 bits per heavy atom. The molecule has 0 saturated heterocycles. The minimum absolute atomic E-state index is 0.404. The SMILES string of the molecule is CCCCC1NC(C)=C(C)N1Cc1ccc(-c2ccccc2C2=NNNN2)cc1. The highest BCUT2D eigenvalue weighted by molar-refractivity contribution is 6.04. The Balaban J connectivity index is 1.53. The van der Waals surface area contributed by atoms with Gasteiger partial charge in [-0.15, -0.1) is 10.6 Å². The topological polar surface area (TPSA) is 63.7 Å². The van der Waals surface area contributed by atoms with Gasteiger partial charge in [-0.2, -0.15) is 0 Å². The van der Waals surface area contributed by atoms with Gasteiger partial charge in [-0.3, -0.25) is 5.43 Å². The van der Waals surface area contributed by atoms with Crippen LogP contribution in [-0.2, 0) is 6.54 Å². The molecule has 29 heavy (non-hydrogen) atoms. The molecule has 2 aliphatic heterocycles. The first-order chi connectivity index (χ1) is 14.2. The lowest BCUT2D eigenvalue weighted by atomic mass is 9.98. The van der Waals surface area contributed by atoms with Crippen molar-refractivity contribution in [3.63, 3.8) is 0 Å². The maximum Gasteiger partial charge on any atom is 0.171 e. The van der Waals surface area contributed by atoms with E-state index in [-0.39, 0.29) is 0 Å². The Morgan fingerprint density at radius 3 is 2.45 bits per heavy atom. The maximum atomic E-state index is 4.25. The van der Waals surface area contributed by atoms with E-state index in [4.69, 9.17) is 0 Å². The first kappa shape index (κ1) is 19.3. The average molecular weight is 391 g/mol. The number of benzene rings is 2. The molecule has 4 rings (SSSR count). The fraction of sp³-hybridized carbons (Fsp3) is 0.348. The molecule has 2 aromatic carbocycles. The molecular formula is C23H30N6. The number of hydrazone groups is 1. The predicted octanol–water partition coefficient (Wildman–Crippen LogP) is 3.80. The van der Waals surface area contributed by atoms with E-state index in [1.807, 2.05) is 6.07 Å². The van der Waals surface area contributed by atoms with Gasteiger partial charge >= 0.3 is 0 Å². The van der Waals surface area contributed by atoms with Crippen LogP contribution >= 0.6 is 0 Å². The van der Waals surface area contributed by atoms with Crippen molar-refractivity contribution in [3.05, 3.63) is 71.1 Å². The normalized spacial score (nSPS) is 18.4. The highest BCUT2D eigenvalue weighted by atomic mass is 15.8. The van der Waals surface area contributed by atoms with Crippen LogP contribution < -0.4 is 21.8 Å². The molecule has 0 spiro atoms. The van der Waals surface area contributed by atoms with Crippen LogP contribution in [0.5, 0.6) is 0 Å². The summed E-state index contributed by atoms with van der Waals surface area (Å²) in [6, 6.07) is 17.2. The standard InChI is InChI=1S/C23H30N6/c1-4-5-10-22-24-16(2)17(3)29(22)15-18-11-13-19(14-12-18)20-8-6-7-9-21(20)23-25-27-28-26-23/h6-9,11-14,22,24,27-28H,4-5,10,15H2,1-3H3,(H,25,26). The molecule has 0 bridgehead atoms. The lowest BCUT2D eigenvalue weighted by molar-refractivity contribution is 0.234. The molecule has 1 atom stereocenters. The third-order valence-corrected chi connectivity index (χ3v) is 5.77. The van der Waals surface area contributed by atoms with Crippen molar-refractivity contribution in [1.82, 2.24) is 26.7 Å². The third kappa shape index (κ3) is 4.07. The highest BCUT2D eigenvalue weighted by Gasteiger charge is 2.26. The summed E-state index contributed by atoms with van der Waals surface area (Å²) < 4.78 is 0. The molecule has 6 heteroatoms. The Bertz CT molecular complexity index is 915. The van der Waals surface area contributed by atoms with E-state index in [0.717, 1.165) is 23.5 Å². The van der Waals surface area contributed by atoms with Crippen molar-refractivity contribution in [2.24, 2.45) is 5.10 Å². The Hall–Kier alpha value is -2.99. The molecule has 1 unspecified atom stereocenters. The predicted molar refractivity (Wildman–Crippen MR) is 118 cm³/mol. The van der Waals surface area contributed by atoms with E-state index < -0.39 is 0 Å². The Morgan fingerprint density at radius 2 is 1.76 bits per heavy atom. The van der Waals surface area contributed by atoms with Gasteiger partial charge in [-0.1, -0.05) is 61.9 Å². The van der Waals surface area contributed by atoms with E-state index in [1.165, 1.54) is 41.8 Å². The highest BCUT2D eigenvalue weighted by Crippen LogP contribution is 2.28. The molecule has 6 nitrogen and oxygen atoms in total. The van der Waals surface area contributed by atoms with Crippen LogP contribution in [0.4, 0.5) is 0 Å². The number of nitrogens with one attached hydrogen (secondary N) is 4. The second-order valence-corrected chi connectivity index (χ2v) is 7.71. The van der Waals surface area contributed by atoms with Crippen LogP contribution in [0.25, 0.3) is 11.1 Å². The molecule has 0 radical (unpaired) electrons. The Kier molecular flexibility index (Phi) is 5.71. The maximum absolute atomic E-state index is 4.25. The molecular weight excluding hydrogens is 360 g/mol. The van der Waals surface area contributed by atoms with Gasteiger partial charge in [0.15, 0.2) is 5.84 Å². The molecule has 4 N–H and O–H groups in total. The van der Waals surface area contributed by atoms with Gasteiger partial charge in [-0.05, 0) is 43.4 Å². The van der Waals surface area contributed by atoms with E-state index >= 15 is 0 Å². The quantitative estimate of drug-likeness (QED) is 0.579. The lowest BCUT2D eigenvalue weighted by Gasteiger charge is -2.28. The fourth-order valence-electron chi connectivity index (χ4n) is 3.99. The number of nitrogens with zero attached hydrogens (tertiary/aromatic N) is 2. The monoisotopic (exact) mass is 390 g/mol. The van der Waals surface area contributed by atoms with Crippen molar-refractivity contribution < 1.29 is 0 Å². The van der Waals surface area contributed by atoms with Crippen LogP contribution in [0.1, 0.15) is 51.2 Å². The first-order valence-corrected chi connectivity index (χ1v) is 10.4. The smallest absolute Gasteiger partial charge is 0.171 e. The summed E-state index contributed by atoms with van der Waals surface area (Å²) in [5.41, 5.74) is 16.0. The molecule has 152 valence electrons. The summed E-state index contributed by atoms with van der Waals surface area (Å²) in [6.07, 6.45) is 4.05. The largest absolute Gasteiger partial charge is 0.367 e. The van der Waals surface area contributed by atoms with Crippen LogP contribution in [-0.4, -0.2) is 16.9 Å². The van der Waals surface area contributed by atoms with Gasteiger partial charge in [0.2, 0.25) is 0 Å². The zero-order valence-corrected chi connectivity index (χ0v) is 17.4. The summed E-state index contributed by atoms with van der Waals surface area (Å²) in [7, 11) is 0. The number of amidine groups is 1. The van der Waals surface area contributed by atoms with Crippen molar-refractivity contribution in [1.29, 1.82) is 0 Å². The number of allylic oxidation sites excluding steroid dienone is 2. The third-order valence-electron chi connectivity index (χ3n) is 5.77. The first-order valence-electron chi connectivity index (χ1n) is 10.4. The number of hydrogen-bond donors (Lipinski definition) is 4. The van der Waals surface area contributed by atoms with Gasteiger partial charge in [-0.25, -0.2) is 5.53 Å². The summed E-state index contributed by atoms with van der Waals surface area (Å²) in [6.45, 7) is 7.57. The molecule has 0 amide bonds. The average Bonchev–Trinajstić information content (AvgIpc) is 3.37. The molecule has 2 aromatic rings. The van der Waals surface area contributed by atoms with Crippen molar-refractivity contribution >= 4 is 5.84 Å². The molecule has 2 aliphatic rings. The van der Waals surface area contributed by atoms with Crippen molar-refractivity contribution in [2.75, 3.05) is 0 Å². The minimum Gasteiger partial charge on any atom is -0.367 e. The van der Waals surface area contributed by atoms with Crippen LogP contribution in [0.2, 0.25) is 0 Å². The number of hydrogen-bond acceptors (Lipinski definition) is 6. The van der Waals surface area contributed by atoms with Crippen LogP contribution in [0, 0.1) is 0 Å². The zero-order valence-electron chi connectivity index (χ0n) is 17.4.